The molecule has 1 N–H and O–H groups in total. The van der Waals surface area contributed by atoms with Gasteiger partial charge in [0.2, 0.25) is 5.95 Å². The van der Waals surface area contributed by atoms with Gasteiger partial charge >= 0.3 is 0 Å². The van der Waals surface area contributed by atoms with Gasteiger partial charge in [-0.3, -0.25) is 0 Å². The standard InChI is InChI=1S/C16H23N5/c1-4-21(12-14-8-6-5-7-9-14)16-19-15(11-18-20-16)17-10-13(2)3/h5-9,11,13H,4,10,12H2,1-3H3,(H,17,19,20). The van der Waals surface area contributed by atoms with Crippen molar-refractivity contribution in [2.24, 2.45) is 5.92 Å². The highest BCUT2D eigenvalue weighted by Crippen LogP contribution is 2.13. The molecule has 1 aromatic carbocycles. The molecule has 0 spiro atoms. The Kier molecular flexibility index (Phi) is 5.49. The van der Waals surface area contributed by atoms with E-state index in [0.717, 1.165) is 25.5 Å². The van der Waals surface area contributed by atoms with E-state index in [1.165, 1.54) is 5.56 Å². The van der Waals surface area contributed by atoms with Crippen LogP contribution in [0.25, 0.3) is 0 Å². The Balaban J connectivity index is 2.09. The number of anilines is 2. The molecule has 0 bridgehead atoms. The second-order valence-corrected chi connectivity index (χ2v) is 5.42. The second-order valence-electron chi connectivity index (χ2n) is 5.42. The van der Waals surface area contributed by atoms with Crippen molar-refractivity contribution in [1.82, 2.24) is 15.2 Å². The van der Waals surface area contributed by atoms with Crippen molar-refractivity contribution in [2.75, 3.05) is 23.3 Å². The fourth-order valence-electron chi connectivity index (χ4n) is 1.95. The largest absolute Gasteiger partial charge is 0.368 e. The first-order valence-corrected chi connectivity index (χ1v) is 7.41. The third kappa shape index (κ3) is 4.70. The van der Waals surface area contributed by atoms with Gasteiger partial charge in [-0.1, -0.05) is 44.2 Å². The molecule has 5 nitrogen and oxygen atoms in total. The first kappa shape index (κ1) is 15.2. The van der Waals surface area contributed by atoms with Gasteiger partial charge in [-0.25, -0.2) is 0 Å². The fourth-order valence-corrected chi connectivity index (χ4v) is 1.95. The number of hydrogen-bond acceptors (Lipinski definition) is 5. The van der Waals surface area contributed by atoms with Gasteiger partial charge in [0.05, 0.1) is 6.20 Å². The average Bonchev–Trinajstić information content (AvgIpc) is 2.52. The highest BCUT2D eigenvalue weighted by molar-refractivity contribution is 5.39. The lowest BCUT2D eigenvalue weighted by atomic mass is 10.2. The summed E-state index contributed by atoms with van der Waals surface area (Å²) >= 11 is 0. The van der Waals surface area contributed by atoms with E-state index in [9.17, 15) is 0 Å². The molecular formula is C16H23N5. The molecule has 21 heavy (non-hydrogen) atoms. The van der Waals surface area contributed by atoms with Gasteiger partial charge in [0, 0.05) is 19.6 Å². The number of nitrogens with zero attached hydrogens (tertiary/aromatic N) is 4. The molecule has 0 radical (unpaired) electrons. The number of hydrogen-bond donors (Lipinski definition) is 1. The van der Waals surface area contributed by atoms with Crippen molar-refractivity contribution in [1.29, 1.82) is 0 Å². The van der Waals surface area contributed by atoms with Crippen molar-refractivity contribution in [3.63, 3.8) is 0 Å². The molecule has 0 atom stereocenters. The average molecular weight is 285 g/mol. The van der Waals surface area contributed by atoms with Crippen LogP contribution in [0.2, 0.25) is 0 Å². The van der Waals surface area contributed by atoms with Gasteiger partial charge in [0.25, 0.3) is 0 Å². The molecule has 1 heterocycles. The number of benzene rings is 1. The zero-order chi connectivity index (χ0) is 15.1. The summed E-state index contributed by atoms with van der Waals surface area (Å²) in [6.45, 7) is 8.92. The van der Waals surface area contributed by atoms with Crippen molar-refractivity contribution in [3.8, 4) is 0 Å². The highest BCUT2D eigenvalue weighted by atomic mass is 15.3. The molecule has 1 aromatic heterocycles. The normalized spacial score (nSPS) is 10.7. The minimum atomic E-state index is 0.565. The summed E-state index contributed by atoms with van der Waals surface area (Å²) in [5.74, 6) is 2.00. The first-order valence-electron chi connectivity index (χ1n) is 7.41. The van der Waals surface area contributed by atoms with E-state index < -0.39 is 0 Å². The van der Waals surface area contributed by atoms with E-state index in [1.807, 2.05) is 18.2 Å². The monoisotopic (exact) mass is 285 g/mol. The van der Waals surface area contributed by atoms with Crippen LogP contribution in [0.3, 0.4) is 0 Å². The summed E-state index contributed by atoms with van der Waals surface area (Å²) in [7, 11) is 0. The molecule has 2 rings (SSSR count). The maximum absolute atomic E-state index is 4.55. The molecular weight excluding hydrogens is 262 g/mol. The second kappa shape index (κ2) is 7.57. The molecule has 0 unspecified atom stereocenters. The van der Waals surface area contributed by atoms with E-state index in [4.69, 9.17) is 0 Å². The minimum Gasteiger partial charge on any atom is -0.368 e. The van der Waals surface area contributed by atoms with Gasteiger partial charge in [-0.2, -0.15) is 10.1 Å². The van der Waals surface area contributed by atoms with Crippen LogP contribution < -0.4 is 10.2 Å². The van der Waals surface area contributed by atoms with Crippen LogP contribution in [0.5, 0.6) is 0 Å². The smallest absolute Gasteiger partial charge is 0.247 e. The highest BCUT2D eigenvalue weighted by Gasteiger charge is 2.10. The molecule has 0 amide bonds. The number of aromatic nitrogens is 3. The van der Waals surface area contributed by atoms with Crippen molar-refractivity contribution in [2.45, 2.75) is 27.3 Å². The van der Waals surface area contributed by atoms with Gasteiger partial charge in [-0.05, 0) is 18.4 Å². The summed E-state index contributed by atoms with van der Waals surface area (Å²) < 4.78 is 0. The van der Waals surface area contributed by atoms with Crippen LogP contribution in [-0.2, 0) is 6.54 Å². The summed E-state index contributed by atoms with van der Waals surface area (Å²) in [6, 6.07) is 10.3. The lowest BCUT2D eigenvalue weighted by molar-refractivity contribution is 0.684. The molecule has 0 fully saturated rings. The minimum absolute atomic E-state index is 0.565. The lowest BCUT2D eigenvalue weighted by Crippen LogP contribution is -2.25. The number of rotatable bonds is 7. The van der Waals surface area contributed by atoms with E-state index in [0.29, 0.717) is 11.9 Å². The molecule has 112 valence electrons. The molecule has 0 aliphatic heterocycles. The molecule has 5 heteroatoms. The van der Waals surface area contributed by atoms with Crippen molar-refractivity contribution in [3.05, 3.63) is 42.1 Å². The fraction of sp³-hybridized carbons (Fsp3) is 0.438. The van der Waals surface area contributed by atoms with Crippen LogP contribution in [-0.4, -0.2) is 28.3 Å². The molecule has 0 saturated carbocycles. The van der Waals surface area contributed by atoms with Crippen LogP contribution in [0.1, 0.15) is 26.3 Å². The van der Waals surface area contributed by atoms with Gasteiger partial charge in [0.15, 0.2) is 5.82 Å². The van der Waals surface area contributed by atoms with Gasteiger partial charge < -0.3 is 10.2 Å². The third-order valence-electron chi connectivity index (χ3n) is 3.12. The van der Waals surface area contributed by atoms with Gasteiger partial charge in [-0.15, -0.1) is 5.10 Å². The lowest BCUT2D eigenvalue weighted by Gasteiger charge is -2.20. The Bertz CT molecular complexity index is 541. The Labute approximate surface area is 126 Å². The molecule has 0 aliphatic carbocycles. The Morgan fingerprint density at radius 2 is 1.95 bits per heavy atom. The zero-order valence-electron chi connectivity index (χ0n) is 13.0. The SMILES string of the molecule is CCN(Cc1ccccc1)c1nncc(NCC(C)C)n1. The van der Waals surface area contributed by atoms with Crippen molar-refractivity contribution >= 4 is 11.8 Å². The van der Waals surface area contributed by atoms with E-state index in [1.54, 1.807) is 6.20 Å². The van der Waals surface area contributed by atoms with E-state index in [-0.39, 0.29) is 0 Å². The van der Waals surface area contributed by atoms with Crippen LogP contribution in [0.4, 0.5) is 11.8 Å². The third-order valence-corrected chi connectivity index (χ3v) is 3.12. The maximum Gasteiger partial charge on any atom is 0.247 e. The molecule has 2 aromatic rings. The number of nitrogens with one attached hydrogen (secondary N) is 1. The van der Waals surface area contributed by atoms with Gasteiger partial charge in [0.1, 0.15) is 0 Å². The summed E-state index contributed by atoms with van der Waals surface area (Å²) in [5.41, 5.74) is 1.24. The van der Waals surface area contributed by atoms with Crippen LogP contribution in [0.15, 0.2) is 36.5 Å². The van der Waals surface area contributed by atoms with E-state index >= 15 is 0 Å². The summed E-state index contributed by atoms with van der Waals surface area (Å²) in [6.07, 6.45) is 1.67. The first-order chi connectivity index (χ1) is 10.2. The van der Waals surface area contributed by atoms with Crippen LogP contribution >= 0.6 is 0 Å². The Hall–Kier alpha value is -2.17. The Morgan fingerprint density at radius 1 is 1.19 bits per heavy atom. The molecule has 0 aliphatic rings. The van der Waals surface area contributed by atoms with E-state index in [2.05, 4.69) is 58.3 Å². The topological polar surface area (TPSA) is 53.9 Å². The Morgan fingerprint density at radius 3 is 2.62 bits per heavy atom. The predicted molar refractivity (Wildman–Crippen MR) is 86.3 cm³/mol. The van der Waals surface area contributed by atoms with Crippen molar-refractivity contribution < 1.29 is 0 Å². The quantitative estimate of drug-likeness (QED) is 0.847. The maximum atomic E-state index is 4.55. The summed E-state index contributed by atoms with van der Waals surface area (Å²) in [4.78, 5) is 6.67. The zero-order valence-corrected chi connectivity index (χ0v) is 13.0. The predicted octanol–water partition coefficient (Wildman–Crippen LogP) is 2.97. The van der Waals surface area contributed by atoms with Crippen LogP contribution in [0, 0.1) is 5.92 Å². The molecule has 0 saturated heterocycles. The summed E-state index contributed by atoms with van der Waals surface area (Å²) in [5, 5.41) is 11.5.